The van der Waals surface area contributed by atoms with Crippen LogP contribution in [0.5, 0.6) is 0 Å². The Balaban J connectivity index is 1.50. The first-order chi connectivity index (χ1) is 14.1. The van der Waals surface area contributed by atoms with Crippen molar-refractivity contribution in [1.29, 1.82) is 0 Å². The summed E-state index contributed by atoms with van der Waals surface area (Å²) in [4.78, 5) is 32.1. The highest BCUT2D eigenvalue weighted by Gasteiger charge is 2.22. The Kier molecular flexibility index (Phi) is 5.92. The molecule has 1 aromatic carbocycles. The maximum Gasteiger partial charge on any atom is 0.407 e. The van der Waals surface area contributed by atoms with Gasteiger partial charge in [-0.1, -0.05) is 30.3 Å². The van der Waals surface area contributed by atoms with Gasteiger partial charge < -0.3 is 10.1 Å². The maximum absolute atomic E-state index is 12.8. The highest BCUT2D eigenvalue weighted by Crippen LogP contribution is 2.24. The number of fused-ring (bicyclic) bond motifs is 1. The van der Waals surface area contributed by atoms with Gasteiger partial charge in [-0.3, -0.25) is 14.1 Å². The molecular weight excluding hydrogens is 388 g/mol. The number of piperidine rings is 1. The zero-order valence-corrected chi connectivity index (χ0v) is 17.2. The van der Waals surface area contributed by atoms with Gasteiger partial charge in [-0.15, -0.1) is 11.3 Å². The van der Waals surface area contributed by atoms with Crippen LogP contribution in [0, 0.1) is 0 Å². The lowest BCUT2D eigenvalue weighted by atomic mass is 10.1. The topological polar surface area (TPSA) is 75.9 Å². The van der Waals surface area contributed by atoms with E-state index in [-0.39, 0.29) is 17.7 Å². The smallest absolute Gasteiger partial charge is 0.407 e. The molecule has 3 aromatic rings. The molecule has 7 nitrogen and oxygen atoms in total. The number of aromatic nitrogens is 2. The van der Waals surface area contributed by atoms with Gasteiger partial charge in [0.25, 0.3) is 5.56 Å². The summed E-state index contributed by atoms with van der Waals surface area (Å²) in [6, 6.07) is 11.5. The molecule has 0 unspecified atom stereocenters. The minimum Gasteiger partial charge on any atom is -0.450 e. The van der Waals surface area contributed by atoms with Crippen molar-refractivity contribution in [2.24, 2.45) is 0 Å². The van der Waals surface area contributed by atoms with Gasteiger partial charge in [0.1, 0.15) is 0 Å². The maximum atomic E-state index is 12.8. The normalized spacial score (nSPS) is 17.3. The van der Waals surface area contributed by atoms with Gasteiger partial charge in [0.05, 0.1) is 18.0 Å². The standard InChI is InChI=1S/C21H24N4O3S/c1-2-28-21(27)23-16-9-6-10-24(12-16)13-17-11-19(26)25-18(14-29-20(25)22-17)15-7-4-3-5-8-15/h3-5,7-8,11,14,16H,2,6,9-10,12-13H2,1H3,(H,23,27)/t16-/m1/s1. The largest absolute Gasteiger partial charge is 0.450 e. The predicted molar refractivity (Wildman–Crippen MR) is 113 cm³/mol. The van der Waals surface area contributed by atoms with Crippen molar-refractivity contribution in [2.45, 2.75) is 32.4 Å². The van der Waals surface area contributed by atoms with Crippen molar-refractivity contribution < 1.29 is 9.53 Å². The Morgan fingerprint density at radius 2 is 2.17 bits per heavy atom. The second-order valence-corrected chi connectivity index (χ2v) is 7.97. The molecule has 0 spiro atoms. The highest BCUT2D eigenvalue weighted by molar-refractivity contribution is 7.15. The van der Waals surface area contributed by atoms with Crippen LogP contribution in [0.2, 0.25) is 0 Å². The average molecular weight is 413 g/mol. The molecule has 4 rings (SSSR count). The first-order valence-corrected chi connectivity index (χ1v) is 10.7. The first-order valence-electron chi connectivity index (χ1n) is 9.85. The summed E-state index contributed by atoms with van der Waals surface area (Å²) in [6.45, 7) is 4.38. The molecule has 1 fully saturated rings. The van der Waals surface area contributed by atoms with Gasteiger partial charge in [0.2, 0.25) is 0 Å². The van der Waals surface area contributed by atoms with Crippen LogP contribution < -0.4 is 10.9 Å². The van der Waals surface area contributed by atoms with Crippen molar-refractivity contribution in [3.05, 3.63) is 57.8 Å². The van der Waals surface area contributed by atoms with E-state index in [4.69, 9.17) is 9.72 Å². The second kappa shape index (κ2) is 8.75. The number of hydrogen-bond donors (Lipinski definition) is 1. The van der Waals surface area contributed by atoms with E-state index < -0.39 is 0 Å². The zero-order valence-electron chi connectivity index (χ0n) is 16.3. The molecule has 1 atom stereocenters. The third-order valence-corrected chi connectivity index (χ3v) is 5.84. The molecule has 1 N–H and O–H groups in total. The molecule has 152 valence electrons. The summed E-state index contributed by atoms with van der Waals surface area (Å²) in [5.74, 6) is 0. The fourth-order valence-electron chi connectivity index (χ4n) is 3.74. The molecule has 29 heavy (non-hydrogen) atoms. The molecule has 1 aliphatic rings. The van der Waals surface area contributed by atoms with Gasteiger partial charge in [-0.05, 0) is 31.9 Å². The van der Waals surface area contributed by atoms with Crippen LogP contribution in [-0.2, 0) is 11.3 Å². The van der Waals surface area contributed by atoms with Crippen LogP contribution in [0.1, 0.15) is 25.5 Å². The molecule has 1 amide bonds. The van der Waals surface area contributed by atoms with Crippen LogP contribution in [0.25, 0.3) is 16.2 Å². The quantitative estimate of drug-likeness (QED) is 0.697. The Hall–Kier alpha value is -2.71. The van der Waals surface area contributed by atoms with Gasteiger partial charge in [0, 0.05) is 30.6 Å². The molecule has 1 aliphatic heterocycles. The summed E-state index contributed by atoms with van der Waals surface area (Å²) in [5, 5.41) is 4.89. The van der Waals surface area contributed by atoms with Crippen LogP contribution >= 0.6 is 11.3 Å². The lowest BCUT2D eigenvalue weighted by Gasteiger charge is -2.32. The minimum atomic E-state index is -0.371. The number of thiazole rings is 1. The summed E-state index contributed by atoms with van der Waals surface area (Å²) in [6.07, 6.45) is 1.54. The van der Waals surface area contributed by atoms with E-state index in [1.807, 2.05) is 35.7 Å². The van der Waals surface area contributed by atoms with Gasteiger partial charge in [-0.2, -0.15) is 0 Å². The molecule has 8 heteroatoms. The van der Waals surface area contributed by atoms with E-state index in [9.17, 15) is 9.59 Å². The van der Waals surface area contributed by atoms with E-state index in [1.165, 1.54) is 11.3 Å². The van der Waals surface area contributed by atoms with Crippen LogP contribution in [0.3, 0.4) is 0 Å². The molecule has 0 aliphatic carbocycles. The second-order valence-electron chi connectivity index (χ2n) is 7.13. The SMILES string of the molecule is CCOC(=O)N[C@@H]1CCCN(Cc2cc(=O)n3c(-c4ccccc4)csc3n2)C1. The van der Waals surface area contributed by atoms with Crippen molar-refractivity contribution in [3.8, 4) is 11.3 Å². The number of nitrogens with one attached hydrogen (secondary N) is 1. The Labute approximate surface area is 173 Å². The van der Waals surface area contributed by atoms with E-state index in [2.05, 4.69) is 10.2 Å². The van der Waals surface area contributed by atoms with Crippen molar-refractivity contribution >= 4 is 22.4 Å². The first kappa shape index (κ1) is 19.6. The fourth-order valence-corrected chi connectivity index (χ4v) is 4.66. The van der Waals surface area contributed by atoms with Crippen molar-refractivity contribution in [1.82, 2.24) is 19.6 Å². The minimum absolute atomic E-state index is 0.0547. The highest BCUT2D eigenvalue weighted by atomic mass is 32.1. The summed E-state index contributed by atoms with van der Waals surface area (Å²) in [5.41, 5.74) is 2.56. The number of ether oxygens (including phenoxy) is 1. The third-order valence-electron chi connectivity index (χ3n) is 5.02. The molecule has 3 heterocycles. The number of nitrogens with zero attached hydrogens (tertiary/aromatic N) is 3. The number of carbonyl (C=O) groups excluding carboxylic acids is 1. The van der Waals surface area contributed by atoms with Crippen molar-refractivity contribution in [3.63, 3.8) is 0 Å². The lowest BCUT2D eigenvalue weighted by molar-refractivity contribution is 0.132. The molecule has 0 bridgehead atoms. The Bertz CT molecular complexity index is 1050. The number of rotatable bonds is 5. The number of alkyl carbamates (subject to hydrolysis) is 1. The van der Waals surface area contributed by atoms with Crippen molar-refractivity contribution in [2.75, 3.05) is 19.7 Å². The van der Waals surface area contributed by atoms with E-state index in [0.717, 1.165) is 42.9 Å². The van der Waals surface area contributed by atoms with Crippen LogP contribution in [-0.4, -0.2) is 46.1 Å². The third kappa shape index (κ3) is 4.49. The molecular formula is C21H24N4O3S. The number of likely N-dealkylation sites (tertiary alicyclic amines) is 1. The fraction of sp³-hybridized carbons (Fsp3) is 0.381. The van der Waals surface area contributed by atoms with Gasteiger partial charge in [0.15, 0.2) is 4.96 Å². The molecule has 2 aromatic heterocycles. The zero-order chi connectivity index (χ0) is 20.2. The Morgan fingerprint density at radius 3 is 2.97 bits per heavy atom. The molecule has 0 radical (unpaired) electrons. The molecule has 1 saturated heterocycles. The van der Waals surface area contributed by atoms with E-state index >= 15 is 0 Å². The van der Waals surface area contributed by atoms with Crippen LogP contribution in [0.4, 0.5) is 4.79 Å². The number of benzene rings is 1. The van der Waals surface area contributed by atoms with E-state index in [0.29, 0.717) is 18.1 Å². The summed E-state index contributed by atoms with van der Waals surface area (Å²) in [7, 11) is 0. The number of amides is 1. The van der Waals surface area contributed by atoms with Crippen LogP contribution in [0.15, 0.2) is 46.6 Å². The number of carbonyl (C=O) groups is 1. The van der Waals surface area contributed by atoms with Gasteiger partial charge >= 0.3 is 6.09 Å². The van der Waals surface area contributed by atoms with E-state index in [1.54, 1.807) is 17.4 Å². The predicted octanol–water partition coefficient (Wildman–Crippen LogP) is 3.13. The summed E-state index contributed by atoms with van der Waals surface area (Å²) >= 11 is 1.47. The van der Waals surface area contributed by atoms with Gasteiger partial charge in [-0.25, -0.2) is 9.78 Å². The number of hydrogen-bond acceptors (Lipinski definition) is 6. The molecule has 0 saturated carbocycles. The summed E-state index contributed by atoms with van der Waals surface area (Å²) < 4.78 is 6.65. The lowest BCUT2D eigenvalue weighted by Crippen LogP contribution is -2.47. The monoisotopic (exact) mass is 412 g/mol. The average Bonchev–Trinajstić information content (AvgIpc) is 3.14. The Morgan fingerprint density at radius 1 is 1.34 bits per heavy atom.